The summed E-state index contributed by atoms with van der Waals surface area (Å²) in [7, 11) is 0. The molecule has 0 amide bonds. The van der Waals surface area contributed by atoms with E-state index in [1.165, 1.54) is 44.2 Å². The van der Waals surface area contributed by atoms with Crippen LogP contribution in [0.3, 0.4) is 0 Å². The van der Waals surface area contributed by atoms with E-state index < -0.39 is 0 Å². The van der Waals surface area contributed by atoms with E-state index in [-0.39, 0.29) is 0 Å². The molecule has 112 valence electrons. The first-order valence-corrected chi connectivity index (χ1v) is 9.35. The quantitative estimate of drug-likeness (QED) is 0.645. The predicted octanol–water partition coefficient (Wildman–Crippen LogP) is 5.62. The highest BCUT2D eigenvalue weighted by Crippen LogP contribution is 2.36. The van der Waals surface area contributed by atoms with Gasteiger partial charge in [-0.2, -0.15) is 0 Å². The summed E-state index contributed by atoms with van der Waals surface area (Å²) >= 11 is 7.19. The van der Waals surface area contributed by atoms with Crippen molar-refractivity contribution >= 4 is 31.9 Å². The van der Waals surface area contributed by atoms with Gasteiger partial charge in [0.2, 0.25) is 0 Å². The molecule has 0 aliphatic heterocycles. The molecular weight excluding hydrogens is 380 g/mol. The van der Waals surface area contributed by atoms with E-state index in [2.05, 4.69) is 55.2 Å². The van der Waals surface area contributed by atoms with E-state index in [0.29, 0.717) is 12.0 Å². The number of hydrogen-bond acceptors (Lipinski definition) is 2. The van der Waals surface area contributed by atoms with Gasteiger partial charge in [-0.15, -0.1) is 0 Å². The number of halogens is 2. The van der Waals surface area contributed by atoms with Gasteiger partial charge in [0.1, 0.15) is 0 Å². The number of hydrogen-bond donors (Lipinski definition) is 1. The molecule has 1 atom stereocenters. The smallest absolute Gasteiger partial charge is 0.0718 e. The van der Waals surface area contributed by atoms with Crippen LogP contribution < -0.4 is 5.32 Å². The monoisotopic (exact) mass is 402 g/mol. The third-order valence-corrected chi connectivity index (χ3v) is 5.19. The second-order valence-corrected chi connectivity index (χ2v) is 7.47. The van der Waals surface area contributed by atoms with Crippen LogP contribution in [0.5, 0.6) is 0 Å². The molecule has 4 heteroatoms. The van der Waals surface area contributed by atoms with Gasteiger partial charge in [-0.25, -0.2) is 0 Å². The maximum atomic E-state index is 4.68. The summed E-state index contributed by atoms with van der Waals surface area (Å²) in [6.07, 6.45) is 11.2. The van der Waals surface area contributed by atoms with Gasteiger partial charge in [-0.3, -0.25) is 4.98 Å². The largest absolute Gasteiger partial charge is 0.308 e. The molecule has 1 aliphatic carbocycles. The van der Waals surface area contributed by atoms with Crippen LogP contribution in [0.25, 0.3) is 0 Å². The Bertz CT molecular complexity index is 415. The van der Waals surface area contributed by atoms with E-state index in [9.17, 15) is 0 Å². The van der Waals surface area contributed by atoms with E-state index in [1.807, 2.05) is 6.20 Å². The Morgan fingerprint density at radius 1 is 1.25 bits per heavy atom. The molecule has 1 aliphatic rings. The Morgan fingerprint density at radius 3 is 2.55 bits per heavy atom. The topological polar surface area (TPSA) is 24.9 Å². The van der Waals surface area contributed by atoms with Crippen molar-refractivity contribution in [3.8, 4) is 0 Å². The fourth-order valence-electron chi connectivity index (χ4n) is 3.08. The molecule has 0 bridgehead atoms. The molecule has 0 aromatic carbocycles. The zero-order chi connectivity index (χ0) is 14.4. The summed E-state index contributed by atoms with van der Waals surface area (Å²) in [6.45, 7) is 3.28. The summed E-state index contributed by atoms with van der Waals surface area (Å²) in [6, 6.07) is 2.50. The standard InChI is InChI=1S/C16H24Br2N2/c1-2-9-19-15(12-7-5-3-4-6-8-12)16-14(18)10-13(17)11-20-16/h10-12,15,19H,2-9H2,1H3. The van der Waals surface area contributed by atoms with Crippen LogP contribution in [0.4, 0.5) is 0 Å². The van der Waals surface area contributed by atoms with Crippen molar-refractivity contribution in [1.29, 1.82) is 0 Å². The SMILES string of the molecule is CCCNC(c1ncc(Br)cc1Br)C1CCCCCC1. The first-order valence-electron chi connectivity index (χ1n) is 7.76. The molecule has 1 aromatic rings. The minimum Gasteiger partial charge on any atom is -0.308 e. The van der Waals surface area contributed by atoms with Gasteiger partial charge in [0, 0.05) is 15.1 Å². The van der Waals surface area contributed by atoms with Crippen LogP contribution in [-0.4, -0.2) is 11.5 Å². The van der Waals surface area contributed by atoms with Gasteiger partial charge in [0.25, 0.3) is 0 Å². The highest BCUT2D eigenvalue weighted by Gasteiger charge is 2.26. The summed E-state index contributed by atoms with van der Waals surface area (Å²) in [4.78, 5) is 4.68. The Balaban J connectivity index is 2.20. The van der Waals surface area contributed by atoms with Crippen LogP contribution in [0, 0.1) is 5.92 Å². The third-order valence-electron chi connectivity index (χ3n) is 4.12. The number of nitrogens with one attached hydrogen (secondary N) is 1. The molecule has 1 saturated carbocycles. The average Bonchev–Trinajstić information content (AvgIpc) is 2.70. The van der Waals surface area contributed by atoms with E-state index >= 15 is 0 Å². The van der Waals surface area contributed by atoms with Crippen LogP contribution in [0.15, 0.2) is 21.2 Å². The molecule has 0 radical (unpaired) electrons. The zero-order valence-corrected chi connectivity index (χ0v) is 15.3. The van der Waals surface area contributed by atoms with Crippen LogP contribution in [0.2, 0.25) is 0 Å². The first-order chi connectivity index (χ1) is 9.72. The number of rotatable bonds is 5. The van der Waals surface area contributed by atoms with Crippen LogP contribution in [-0.2, 0) is 0 Å². The van der Waals surface area contributed by atoms with Crippen LogP contribution >= 0.6 is 31.9 Å². The lowest BCUT2D eigenvalue weighted by molar-refractivity contribution is 0.319. The molecular formula is C16H24Br2N2. The van der Waals surface area contributed by atoms with E-state index in [1.54, 1.807) is 0 Å². The lowest BCUT2D eigenvalue weighted by Gasteiger charge is -2.27. The van der Waals surface area contributed by atoms with Gasteiger partial charge in [-0.05, 0) is 69.7 Å². The van der Waals surface area contributed by atoms with Crippen molar-refractivity contribution < 1.29 is 0 Å². The van der Waals surface area contributed by atoms with Crippen molar-refractivity contribution in [2.75, 3.05) is 6.54 Å². The van der Waals surface area contributed by atoms with Crippen molar-refractivity contribution in [3.63, 3.8) is 0 Å². The minimum atomic E-state index is 0.385. The molecule has 20 heavy (non-hydrogen) atoms. The molecule has 2 rings (SSSR count). The van der Waals surface area contributed by atoms with Crippen LogP contribution in [0.1, 0.15) is 63.6 Å². The summed E-state index contributed by atoms with van der Waals surface area (Å²) < 4.78 is 2.15. The number of aromatic nitrogens is 1. The highest BCUT2D eigenvalue weighted by molar-refractivity contribution is 9.11. The lowest BCUT2D eigenvalue weighted by atomic mass is 9.89. The predicted molar refractivity (Wildman–Crippen MR) is 91.9 cm³/mol. The number of nitrogens with zero attached hydrogens (tertiary/aromatic N) is 1. The maximum Gasteiger partial charge on any atom is 0.0718 e. The second-order valence-electron chi connectivity index (χ2n) is 5.70. The normalized spacial score (nSPS) is 18.8. The summed E-state index contributed by atoms with van der Waals surface area (Å²) in [5, 5.41) is 3.74. The van der Waals surface area contributed by atoms with Crippen molar-refractivity contribution in [1.82, 2.24) is 10.3 Å². The molecule has 2 nitrogen and oxygen atoms in total. The Kier molecular flexibility index (Phi) is 6.99. The van der Waals surface area contributed by atoms with Gasteiger partial charge in [0.05, 0.1) is 11.7 Å². The third kappa shape index (κ3) is 4.54. The van der Waals surface area contributed by atoms with E-state index in [0.717, 1.165) is 21.9 Å². The Morgan fingerprint density at radius 2 is 1.95 bits per heavy atom. The lowest BCUT2D eigenvalue weighted by Crippen LogP contribution is -2.30. The second kappa shape index (κ2) is 8.50. The maximum absolute atomic E-state index is 4.68. The highest BCUT2D eigenvalue weighted by atomic mass is 79.9. The zero-order valence-electron chi connectivity index (χ0n) is 12.2. The van der Waals surface area contributed by atoms with Crippen molar-refractivity contribution in [3.05, 3.63) is 26.9 Å². The molecule has 0 saturated heterocycles. The molecule has 0 spiro atoms. The average molecular weight is 404 g/mol. The molecule has 1 unspecified atom stereocenters. The summed E-state index contributed by atoms with van der Waals surface area (Å²) in [5.74, 6) is 0.717. The number of pyridine rings is 1. The first kappa shape index (κ1) is 16.4. The minimum absolute atomic E-state index is 0.385. The molecule has 1 fully saturated rings. The molecule has 1 aromatic heterocycles. The Hall–Kier alpha value is 0.0700. The van der Waals surface area contributed by atoms with Crippen molar-refractivity contribution in [2.24, 2.45) is 5.92 Å². The fraction of sp³-hybridized carbons (Fsp3) is 0.688. The fourth-order valence-corrected chi connectivity index (χ4v) is 4.32. The van der Waals surface area contributed by atoms with Crippen molar-refractivity contribution in [2.45, 2.75) is 57.9 Å². The van der Waals surface area contributed by atoms with Gasteiger partial charge in [0.15, 0.2) is 0 Å². The van der Waals surface area contributed by atoms with Gasteiger partial charge < -0.3 is 5.32 Å². The summed E-state index contributed by atoms with van der Waals surface area (Å²) in [5.41, 5.74) is 1.17. The Labute approximate surface area is 139 Å². The van der Waals surface area contributed by atoms with Gasteiger partial charge in [-0.1, -0.05) is 32.6 Å². The molecule has 1 N–H and O–H groups in total. The van der Waals surface area contributed by atoms with Gasteiger partial charge >= 0.3 is 0 Å². The van der Waals surface area contributed by atoms with E-state index in [4.69, 9.17) is 0 Å². The molecule has 1 heterocycles.